The minimum Gasteiger partial charge on any atom is -0.504 e. The first kappa shape index (κ1) is 13.2. The van der Waals surface area contributed by atoms with Gasteiger partial charge in [0.05, 0.1) is 6.61 Å². The van der Waals surface area contributed by atoms with Crippen LogP contribution in [0.4, 0.5) is 0 Å². The second-order valence-corrected chi connectivity index (χ2v) is 4.13. The zero-order valence-electron chi connectivity index (χ0n) is 10.4. The molecular formula is C14H14O5. The lowest BCUT2D eigenvalue weighted by atomic mass is 10.2. The molecule has 5 heteroatoms. The van der Waals surface area contributed by atoms with Gasteiger partial charge in [0.1, 0.15) is 12.2 Å². The van der Waals surface area contributed by atoms with E-state index >= 15 is 0 Å². The fraction of sp³-hybridized carbons (Fsp3) is 0.214. The molecule has 1 heterocycles. The molecule has 0 spiro atoms. The molecule has 1 aromatic carbocycles. The summed E-state index contributed by atoms with van der Waals surface area (Å²) in [7, 11) is 0. The van der Waals surface area contributed by atoms with Crippen molar-refractivity contribution in [2.24, 2.45) is 0 Å². The smallest absolute Gasteiger partial charge is 0.336 e. The van der Waals surface area contributed by atoms with Gasteiger partial charge in [0.25, 0.3) is 0 Å². The van der Waals surface area contributed by atoms with E-state index in [1.165, 1.54) is 18.2 Å². The van der Waals surface area contributed by atoms with Crippen LogP contribution >= 0.6 is 0 Å². The van der Waals surface area contributed by atoms with Crippen LogP contribution in [0.1, 0.15) is 6.92 Å². The third kappa shape index (κ3) is 3.14. The molecule has 0 fully saturated rings. The van der Waals surface area contributed by atoms with Crippen molar-refractivity contribution in [3.63, 3.8) is 0 Å². The Balaban J connectivity index is 2.28. The highest BCUT2D eigenvalue weighted by Gasteiger charge is 2.06. The Morgan fingerprint density at radius 3 is 2.95 bits per heavy atom. The number of aromatic hydroxyl groups is 1. The topological polar surface area (TPSA) is 79.9 Å². The molecule has 2 N–H and O–H groups in total. The molecule has 0 atom stereocenters. The molecule has 5 nitrogen and oxygen atoms in total. The Morgan fingerprint density at radius 1 is 1.42 bits per heavy atom. The van der Waals surface area contributed by atoms with E-state index in [0.717, 1.165) is 5.57 Å². The Morgan fingerprint density at radius 2 is 2.21 bits per heavy atom. The summed E-state index contributed by atoms with van der Waals surface area (Å²) < 4.78 is 10.4. The molecule has 0 radical (unpaired) electrons. The minimum absolute atomic E-state index is 0.0311. The lowest BCUT2D eigenvalue weighted by Crippen LogP contribution is -1.98. The van der Waals surface area contributed by atoms with Gasteiger partial charge in [-0.25, -0.2) is 4.79 Å². The first-order valence-electron chi connectivity index (χ1n) is 5.76. The van der Waals surface area contributed by atoms with Crippen molar-refractivity contribution in [3.8, 4) is 11.5 Å². The molecule has 2 rings (SSSR count). The summed E-state index contributed by atoms with van der Waals surface area (Å²) >= 11 is 0. The maximum atomic E-state index is 11.1. The molecular weight excluding hydrogens is 248 g/mol. The summed E-state index contributed by atoms with van der Waals surface area (Å²) in [4.78, 5) is 11.1. The van der Waals surface area contributed by atoms with E-state index in [1.54, 1.807) is 19.1 Å². The number of phenolic OH excluding ortho intramolecular Hbond substituents is 1. The predicted molar refractivity (Wildman–Crippen MR) is 70.5 cm³/mol. The zero-order chi connectivity index (χ0) is 13.8. The number of rotatable bonds is 4. The summed E-state index contributed by atoms with van der Waals surface area (Å²) in [5, 5.41) is 19.2. The fourth-order valence-corrected chi connectivity index (χ4v) is 1.54. The van der Waals surface area contributed by atoms with Gasteiger partial charge in [-0.1, -0.05) is 0 Å². The number of aliphatic hydroxyl groups is 1. The van der Waals surface area contributed by atoms with Gasteiger partial charge < -0.3 is 19.4 Å². The summed E-state index contributed by atoms with van der Waals surface area (Å²) in [5.41, 5.74) is 0.662. The van der Waals surface area contributed by atoms with Gasteiger partial charge in [0.15, 0.2) is 11.5 Å². The van der Waals surface area contributed by atoms with E-state index in [0.29, 0.717) is 11.0 Å². The van der Waals surface area contributed by atoms with Gasteiger partial charge in [0, 0.05) is 17.5 Å². The standard InChI is InChI=1S/C14H14O5/c1-9(8-15)4-5-18-13-7-12-10(6-11(13)16)2-3-14(17)19-12/h2-4,6-7,15-16H,5,8H2,1H3/b9-4+. The highest BCUT2D eigenvalue weighted by atomic mass is 16.5. The van der Waals surface area contributed by atoms with Gasteiger partial charge in [-0.2, -0.15) is 0 Å². The maximum Gasteiger partial charge on any atom is 0.336 e. The van der Waals surface area contributed by atoms with Crippen LogP contribution in [-0.4, -0.2) is 23.4 Å². The number of fused-ring (bicyclic) bond motifs is 1. The largest absolute Gasteiger partial charge is 0.504 e. The van der Waals surface area contributed by atoms with Crippen molar-refractivity contribution >= 4 is 11.0 Å². The molecule has 19 heavy (non-hydrogen) atoms. The Bertz CT molecular complexity index is 669. The molecule has 0 saturated carbocycles. The highest BCUT2D eigenvalue weighted by molar-refractivity contribution is 5.80. The van der Waals surface area contributed by atoms with Crippen LogP contribution < -0.4 is 10.4 Å². The van der Waals surface area contributed by atoms with Crippen LogP contribution in [0.5, 0.6) is 11.5 Å². The molecule has 100 valence electrons. The quantitative estimate of drug-likeness (QED) is 0.649. The zero-order valence-corrected chi connectivity index (χ0v) is 10.4. The van der Waals surface area contributed by atoms with E-state index in [9.17, 15) is 9.90 Å². The van der Waals surface area contributed by atoms with Crippen LogP contribution in [0.25, 0.3) is 11.0 Å². The Hall–Kier alpha value is -2.27. The van der Waals surface area contributed by atoms with E-state index in [2.05, 4.69) is 0 Å². The molecule has 0 unspecified atom stereocenters. The number of benzene rings is 1. The molecule has 0 amide bonds. The number of aliphatic hydroxyl groups excluding tert-OH is 1. The molecule has 1 aromatic heterocycles. The molecule has 0 aliphatic rings. The van der Waals surface area contributed by atoms with Crippen LogP contribution in [0, 0.1) is 0 Å². The van der Waals surface area contributed by atoms with Crippen LogP contribution in [0.15, 0.2) is 45.1 Å². The van der Waals surface area contributed by atoms with Crippen molar-refractivity contribution in [2.75, 3.05) is 13.2 Å². The van der Waals surface area contributed by atoms with Crippen LogP contribution in [-0.2, 0) is 0 Å². The van der Waals surface area contributed by atoms with Crippen molar-refractivity contribution in [3.05, 3.63) is 46.3 Å². The normalized spacial score (nSPS) is 11.8. The third-order valence-corrected chi connectivity index (χ3v) is 2.62. The van der Waals surface area contributed by atoms with Gasteiger partial charge >= 0.3 is 5.63 Å². The number of ether oxygens (including phenoxy) is 1. The number of hydrogen-bond donors (Lipinski definition) is 2. The maximum absolute atomic E-state index is 11.1. The van der Waals surface area contributed by atoms with E-state index in [1.807, 2.05) is 0 Å². The van der Waals surface area contributed by atoms with Gasteiger partial charge in [-0.05, 0) is 30.7 Å². The monoisotopic (exact) mass is 262 g/mol. The number of phenols is 1. The van der Waals surface area contributed by atoms with Crippen LogP contribution in [0.3, 0.4) is 0 Å². The molecule has 2 aromatic rings. The first-order chi connectivity index (χ1) is 9.10. The molecule has 0 saturated heterocycles. The Kier molecular flexibility index (Phi) is 3.87. The molecule has 0 aliphatic heterocycles. The summed E-state index contributed by atoms with van der Waals surface area (Å²) in [6.45, 7) is 1.94. The first-order valence-corrected chi connectivity index (χ1v) is 5.76. The lowest BCUT2D eigenvalue weighted by molar-refractivity contribution is 0.319. The second-order valence-electron chi connectivity index (χ2n) is 4.13. The van der Waals surface area contributed by atoms with Gasteiger partial charge in [-0.15, -0.1) is 0 Å². The Labute approximate surface area is 109 Å². The van der Waals surface area contributed by atoms with Crippen molar-refractivity contribution in [2.45, 2.75) is 6.92 Å². The van der Waals surface area contributed by atoms with Crippen LogP contribution in [0.2, 0.25) is 0 Å². The lowest BCUT2D eigenvalue weighted by Gasteiger charge is -2.07. The minimum atomic E-state index is -0.458. The van der Waals surface area contributed by atoms with Gasteiger partial charge in [-0.3, -0.25) is 0 Å². The average Bonchev–Trinajstić information content (AvgIpc) is 2.39. The molecule has 0 aliphatic carbocycles. The highest BCUT2D eigenvalue weighted by Crippen LogP contribution is 2.30. The second kappa shape index (κ2) is 5.58. The third-order valence-electron chi connectivity index (χ3n) is 2.62. The van der Waals surface area contributed by atoms with Gasteiger partial charge in [0.2, 0.25) is 0 Å². The summed E-state index contributed by atoms with van der Waals surface area (Å²) in [5.74, 6) is 0.195. The summed E-state index contributed by atoms with van der Waals surface area (Å²) in [6.07, 6.45) is 1.70. The van der Waals surface area contributed by atoms with Crippen molar-refractivity contribution in [1.82, 2.24) is 0 Å². The van der Waals surface area contributed by atoms with E-state index in [4.69, 9.17) is 14.3 Å². The SMILES string of the molecule is C/C(=C\COc1cc2oc(=O)ccc2cc1O)CO. The van der Waals surface area contributed by atoms with E-state index < -0.39 is 5.63 Å². The molecule has 0 bridgehead atoms. The van der Waals surface area contributed by atoms with Crippen molar-refractivity contribution < 1.29 is 19.4 Å². The fourth-order valence-electron chi connectivity index (χ4n) is 1.54. The van der Waals surface area contributed by atoms with E-state index in [-0.39, 0.29) is 24.7 Å². The predicted octanol–water partition coefficient (Wildman–Crippen LogP) is 1.82. The number of hydrogen-bond acceptors (Lipinski definition) is 5. The summed E-state index contributed by atoms with van der Waals surface area (Å²) in [6, 6.07) is 5.79. The van der Waals surface area contributed by atoms with Crippen molar-refractivity contribution in [1.29, 1.82) is 0 Å². The average molecular weight is 262 g/mol.